The topological polar surface area (TPSA) is 66.1 Å². The number of pyridine rings is 1. The molecule has 29 heavy (non-hydrogen) atoms. The summed E-state index contributed by atoms with van der Waals surface area (Å²) in [6.07, 6.45) is 1.39. The number of methoxy groups -OCH3 is 1. The first-order valence-electron chi connectivity index (χ1n) is 9.91. The molecule has 2 aromatic carbocycles. The van der Waals surface area contributed by atoms with Gasteiger partial charge in [-0.05, 0) is 62.4 Å². The van der Waals surface area contributed by atoms with Crippen molar-refractivity contribution >= 4 is 10.9 Å². The van der Waals surface area contributed by atoms with E-state index in [9.17, 15) is 10.4 Å². The lowest BCUT2D eigenvalue weighted by Crippen LogP contribution is -2.23. The van der Waals surface area contributed by atoms with Crippen LogP contribution in [0.15, 0.2) is 48.5 Å². The monoisotopic (exact) mass is 388 g/mol. The predicted molar refractivity (Wildman–Crippen MR) is 116 cm³/mol. The Labute approximate surface area is 172 Å². The number of aryl methyl sites for hydroxylation is 1. The second-order valence-electron chi connectivity index (χ2n) is 8.30. The third-order valence-corrected chi connectivity index (χ3v) is 5.51. The second kappa shape index (κ2) is 7.85. The molecule has 3 aromatic rings. The molecule has 0 aliphatic heterocycles. The lowest BCUT2D eigenvalue weighted by Gasteiger charge is -2.24. The van der Waals surface area contributed by atoms with Crippen molar-refractivity contribution in [3.63, 3.8) is 0 Å². The molecule has 1 atom stereocenters. The van der Waals surface area contributed by atoms with Crippen LogP contribution in [0.3, 0.4) is 0 Å². The molecule has 0 aliphatic rings. The summed E-state index contributed by atoms with van der Waals surface area (Å²) < 4.78 is 5.44. The van der Waals surface area contributed by atoms with Crippen molar-refractivity contribution in [2.75, 3.05) is 7.11 Å². The highest BCUT2D eigenvalue weighted by atomic mass is 16.5. The zero-order valence-corrected chi connectivity index (χ0v) is 17.8. The standard InChI is InChI=1S/C25H28N2O2/c1-6-18-13-19-10-11-21(14-22(19)27-23(18)29-5)25(4,16-26)15-17-8-7-9-20(12-17)24(2,3)28/h7-14,28H,6,15H2,1-5H3. The van der Waals surface area contributed by atoms with Crippen molar-refractivity contribution in [1.82, 2.24) is 4.98 Å². The summed E-state index contributed by atoms with van der Waals surface area (Å²) >= 11 is 0. The second-order valence-corrected chi connectivity index (χ2v) is 8.30. The normalized spacial score (nSPS) is 13.7. The maximum Gasteiger partial charge on any atom is 0.216 e. The van der Waals surface area contributed by atoms with Crippen LogP contribution in [0, 0.1) is 11.3 Å². The molecule has 3 rings (SSSR count). The van der Waals surface area contributed by atoms with E-state index in [-0.39, 0.29) is 0 Å². The summed E-state index contributed by atoms with van der Waals surface area (Å²) in [5, 5.41) is 21.4. The van der Waals surface area contributed by atoms with E-state index in [0.717, 1.165) is 39.6 Å². The summed E-state index contributed by atoms with van der Waals surface area (Å²) in [4.78, 5) is 4.66. The van der Waals surface area contributed by atoms with Crippen LogP contribution in [-0.2, 0) is 23.9 Å². The van der Waals surface area contributed by atoms with E-state index in [1.807, 2.05) is 49.4 Å². The van der Waals surface area contributed by atoms with Crippen molar-refractivity contribution < 1.29 is 9.84 Å². The van der Waals surface area contributed by atoms with Gasteiger partial charge >= 0.3 is 0 Å². The summed E-state index contributed by atoms with van der Waals surface area (Å²) in [5.41, 5.74) is 3.03. The maximum absolute atomic E-state index is 10.3. The van der Waals surface area contributed by atoms with Crippen LogP contribution >= 0.6 is 0 Å². The lowest BCUT2D eigenvalue weighted by atomic mass is 9.78. The summed E-state index contributed by atoms with van der Waals surface area (Å²) in [6.45, 7) is 7.56. The van der Waals surface area contributed by atoms with Gasteiger partial charge in [-0.1, -0.05) is 43.3 Å². The van der Waals surface area contributed by atoms with Crippen molar-refractivity contribution in [1.29, 1.82) is 5.26 Å². The molecule has 1 heterocycles. The molecule has 1 N–H and O–H groups in total. The number of nitriles is 1. The summed E-state index contributed by atoms with van der Waals surface area (Å²) in [5.74, 6) is 0.633. The molecule has 4 heteroatoms. The summed E-state index contributed by atoms with van der Waals surface area (Å²) in [6, 6.07) is 18.4. The molecule has 0 radical (unpaired) electrons. The number of ether oxygens (including phenoxy) is 1. The molecule has 0 fully saturated rings. The molecule has 4 nitrogen and oxygen atoms in total. The van der Waals surface area contributed by atoms with Gasteiger partial charge in [-0.15, -0.1) is 0 Å². The van der Waals surface area contributed by atoms with Gasteiger partial charge in [0.1, 0.15) is 0 Å². The fourth-order valence-corrected chi connectivity index (χ4v) is 3.64. The van der Waals surface area contributed by atoms with Crippen molar-refractivity contribution in [2.24, 2.45) is 0 Å². The Morgan fingerprint density at radius 2 is 1.83 bits per heavy atom. The Balaban J connectivity index is 2.02. The molecule has 0 saturated heterocycles. The highest BCUT2D eigenvalue weighted by molar-refractivity contribution is 5.81. The number of hydrogen-bond acceptors (Lipinski definition) is 4. The fraction of sp³-hybridized carbons (Fsp3) is 0.360. The minimum atomic E-state index is -0.917. The molecule has 0 aliphatic carbocycles. The van der Waals surface area contributed by atoms with E-state index in [1.165, 1.54) is 0 Å². The van der Waals surface area contributed by atoms with E-state index >= 15 is 0 Å². The van der Waals surface area contributed by atoms with Gasteiger partial charge in [0.25, 0.3) is 0 Å². The highest BCUT2D eigenvalue weighted by Crippen LogP contribution is 2.32. The summed E-state index contributed by atoms with van der Waals surface area (Å²) in [7, 11) is 1.63. The molecule has 1 aromatic heterocycles. The van der Waals surface area contributed by atoms with Crippen LogP contribution in [0.1, 0.15) is 49.9 Å². The molecular formula is C25H28N2O2. The Kier molecular flexibility index (Phi) is 5.64. The quantitative estimate of drug-likeness (QED) is 0.641. The van der Waals surface area contributed by atoms with Crippen LogP contribution in [0.4, 0.5) is 0 Å². The van der Waals surface area contributed by atoms with Gasteiger partial charge in [-0.3, -0.25) is 0 Å². The smallest absolute Gasteiger partial charge is 0.216 e. The minimum absolute atomic E-state index is 0.545. The van der Waals surface area contributed by atoms with Gasteiger partial charge in [0.05, 0.1) is 29.7 Å². The highest BCUT2D eigenvalue weighted by Gasteiger charge is 2.28. The number of fused-ring (bicyclic) bond motifs is 1. The van der Waals surface area contributed by atoms with Crippen LogP contribution in [0.25, 0.3) is 10.9 Å². The lowest BCUT2D eigenvalue weighted by molar-refractivity contribution is 0.0785. The third-order valence-electron chi connectivity index (χ3n) is 5.51. The predicted octanol–water partition coefficient (Wildman–Crippen LogP) is 5.06. The first-order valence-corrected chi connectivity index (χ1v) is 9.91. The number of benzene rings is 2. The number of aromatic nitrogens is 1. The van der Waals surface area contributed by atoms with E-state index in [1.54, 1.807) is 21.0 Å². The van der Waals surface area contributed by atoms with Gasteiger partial charge in [0.15, 0.2) is 0 Å². The van der Waals surface area contributed by atoms with Gasteiger partial charge in [0, 0.05) is 10.9 Å². The number of nitrogens with zero attached hydrogens (tertiary/aromatic N) is 2. The largest absolute Gasteiger partial charge is 0.481 e. The minimum Gasteiger partial charge on any atom is -0.481 e. The molecule has 0 spiro atoms. The van der Waals surface area contributed by atoms with Gasteiger partial charge in [-0.2, -0.15) is 5.26 Å². The SMILES string of the molecule is CCc1cc2ccc(C(C)(C#N)Cc3cccc(C(C)(C)O)c3)cc2nc1OC. The van der Waals surface area contributed by atoms with Crippen LogP contribution in [0.5, 0.6) is 5.88 Å². The Morgan fingerprint density at radius 3 is 2.45 bits per heavy atom. The first-order chi connectivity index (χ1) is 13.7. The number of hydrogen-bond donors (Lipinski definition) is 1. The van der Waals surface area contributed by atoms with E-state index in [2.05, 4.69) is 24.0 Å². The first kappa shape index (κ1) is 20.8. The Bertz CT molecular complexity index is 1080. The average molecular weight is 389 g/mol. The zero-order chi connectivity index (χ0) is 21.2. The number of rotatable bonds is 6. The maximum atomic E-state index is 10.3. The molecule has 1 unspecified atom stereocenters. The van der Waals surface area contributed by atoms with E-state index in [4.69, 9.17) is 4.74 Å². The van der Waals surface area contributed by atoms with Gasteiger partial charge in [-0.25, -0.2) is 4.98 Å². The molecular weight excluding hydrogens is 360 g/mol. The van der Waals surface area contributed by atoms with Crippen LogP contribution in [-0.4, -0.2) is 17.2 Å². The van der Waals surface area contributed by atoms with Crippen molar-refractivity contribution in [3.05, 3.63) is 70.8 Å². The molecule has 150 valence electrons. The van der Waals surface area contributed by atoms with E-state index in [0.29, 0.717) is 12.3 Å². The third kappa shape index (κ3) is 4.26. The van der Waals surface area contributed by atoms with Gasteiger partial charge < -0.3 is 9.84 Å². The van der Waals surface area contributed by atoms with Crippen LogP contribution < -0.4 is 4.74 Å². The molecule has 0 bridgehead atoms. The van der Waals surface area contributed by atoms with Crippen molar-refractivity contribution in [2.45, 2.75) is 51.6 Å². The average Bonchev–Trinajstić information content (AvgIpc) is 2.71. The van der Waals surface area contributed by atoms with Gasteiger partial charge in [0.2, 0.25) is 5.88 Å². The molecule has 0 amide bonds. The van der Waals surface area contributed by atoms with Crippen LogP contribution in [0.2, 0.25) is 0 Å². The number of aliphatic hydroxyl groups is 1. The Morgan fingerprint density at radius 1 is 1.07 bits per heavy atom. The fourth-order valence-electron chi connectivity index (χ4n) is 3.64. The molecule has 0 saturated carbocycles. The Hall–Kier alpha value is -2.90. The zero-order valence-electron chi connectivity index (χ0n) is 17.8. The van der Waals surface area contributed by atoms with E-state index < -0.39 is 11.0 Å². The van der Waals surface area contributed by atoms with Crippen molar-refractivity contribution in [3.8, 4) is 11.9 Å².